The van der Waals surface area contributed by atoms with Crippen molar-refractivity contribution in [3.05, 3.63) is 27.7 Å². The van der Waals surface area contributed by atoms with Crippen LogP contribution < -0.4 is 0 Å². The summed E-state index contributed by atoms with van der Waals surface area (Å²) < 4.78 is 37.3. The van der Waals surface area contributed by atoms with Gasteiger partial charge in [-0.05, 0) is 22.0 Å². The van der Waals surface area contributed by atoms with Crippen LogP contribution >= 0.6 is 31.9 Å². The number of halogens is 5. The number of pyridine rings is 1. The van der Waals surface area contributed by atoms with Gasteiger partial charge in [0.05, 0.1) is 10.2 Å². The van der Waals surface area contributed by atoms with Gasteiger partial charge < -0.3 is 0 Å². The van der Waals surface area contributed by atoms with Gasteiger partial charge in [0, 0.05) is 5.33 Å². The number of aromatic nitrogens is 1. The SMILES string of the molecule is Fc1c(Br)cc(CBr)nc1C(F)F. The maximum absolute atomic E-state index is 13.0. The van der Waals surface area contributed by atoms with Crippen LogP contribution in [0.25, 0.3) is 0 Å². The maximum Gasteiger partial charge on any atom is 0.283 e. The smallest absolute Gasteiger partial charge is 0.248 e. The van der Waals surface area contributed by atoms with Gasteiger partial charge in [-0.2, -0.15) is 0 Å². The van der Waals surface area contributed by atoms with Crippen LogP contribution in [0.2, 0.25) is 0 Å². The molecule has 0 aliphatic rings. The van der Waals surface area contributed by atoms with E-state index in [1.807, 2.05) is 0 Å². The number of hydrogen-bond donors (Lipinski definition) is 0. The molecule has 0 aliphatic carbocycles. The lowest BCUT2D eigenvalue weighted by Gasteiger charge is -2.04. The lowest BCUT2D eigenvalue weighted by atomic mass is 10.3. The van der Waals surface area contributed by atoms with Gasteiger partial charge in [-0.1, -0.05) is 15.9 Å². The Morgan fingerprint density at radius 1 is 1.46 bits per heavy atom. The molecule has 6 heteroatoms. The van der Waals surface area contributed by atoms with Crippen LogP contribution in [-0.4, -0.2) is 4.98 Å². The summed E-state index contributed by atoms with van der Waals surface area (Å²) in [6, 6.07) is 1.36. The second-order valence-corrected chi connectivity index (χ2v) is 3.64. The monoisotopic (exact) mass is 317 g/mol. The molecular weight excluding hydrogens is 315 g/mol. The molecule has 72 valence electrons. The van der Waals surface area contributed by atoms with Crippen LogP contribution in [0.4, 0.5) is 13.2 Å². The largest absolute Gasteiger partial charge is 0.283 e. The van der Waals surface area contributed by atoms with Crippen molar-refractivity contribution in [3.63, 3.8) is 0 Å². The first-order valence-corrected chi connectivity index (χ1v) is 5.16. The Bertz CT molecular complexity index is 317. The summed E-state index contributed by atoms with van der Waals surface area (Å²) in [5, 5.41) is 0.311. The molecule has 0 aliphatic heterocycles. The average molecular weight is 319 g/mol. The Hall–Kier alpha value is -0.100. The Morgan fingerprint density at radius 3 is 2.54 bits per heavy atom. The van der Waals surface area contributed by atoms with Gasteiger partial charge in [-0.25, -0.2) is 18.2 Å². The third-order valence-corrected chi connectivity index (χ3v) is 2.49. The van der Waals surface area contributed by atoms with Crippen molar-refractivity contribution in [2.75, 3.05) is 0 Å². The second kappa shape index (κ2) is 4.41. The predicted molar refractivity (Wildman–Crippen MR) is 49.5 cm³/mol. The third kappa shape index (κ3) is 2.43. The van der Waals surface area contributed by atoms with Crippen LogP contribution in [-0.2, 0) is 5.33 Å². The van der Waals surface area contributed by atoms with Crippen LogP contribution in [0.3, 0.4) is 0 Å². The minimum atomic E-state index is -2.89. The second-order valence-electron chi connectivity index (χ2n) is 2.23. The molecule has 0 saturated heterocycles. The van der Waals surface area contributed by atoms with E-state index in [-0.39, 0.29) is 4.47 Å². The molecule has 0 N–H and O–H groups in total. The molecular formula is C7H4Br2F3N. The predicted octanol–water partition coefficient (Wildman–Crippen LogP) is 3.82. The quantitative estimate of drug-likeness (QED) is 0.756. The van der Waals surface area contributed by atoms with E-state index in [2.05, 4.69) is 36.8 Å². The Balaban J connectivity index is 3.25. The van der Waals surface area contributed by atoms with Crippen molar-refractivity contribution < 1.29 is 13.2 Å². The summed E-state index contributed by atoms with van der Waals surface area (Å²) in [5.41, 5.74) is -0.451. The molecule has 0 radical (unpaired) electrons. The fraction of sp³-hybridized carbons (Fsp3) is 0.286. The van der Waals surface area contributed by atoms with Gasteiger partial charge in [0.15, 0.2) is 5.82 Å². The zero-order valence-corrected chi connectivity index (χ0v) is 9.37. The fourth-order valence-electron chi connectivity index (χ4n) is 0.781. The summed E-state index contributed by atoms with van der Waals surface area (Å²) in [6.45, 7) is 0. The maximum atomic E-state index is 13.0. The summed E-state index contributed by atoms with van der Waals surface area (Å²) in [7, 11) is 0. The van der Waals surface area contributed by atoms with Gasteiger partial charge in [0.1, 0.15) is 5.69 Å². The number of hydrogen-bond acceptors (Lipinski definition) is 1. The first-order valence-electron chi connectivity index (χ1n) is 3.25. The van der Waals surface area contributed by atoms with Crippen molar-refractivity contribution >= 4 is 31.9 Å². The third-order valence-electron chi connectivity index (χ3n) is 1.34. The molecule has 1 nitrogen and oxygen atoms in total. The van der Waals surface area contributed by atoms with E-state index in [0.29, 0.717) is 11.0 Å². The molecule has 13 heavy (non-hydrogen) atoms. The van der Waals surface area contributed by atoms with Crippen LogP contribution in [0.15, 0.2) is 10.5 Å². The fourth-order valence-corrected chi connectivity index (χ4v) is 1.54. The molecule has 0 spiro atoms. The van der Waals surface area contributed by atoms with E-state index in [1.165, 1.54) is 6.07 Å². The first kappa shape index (κ1) is 11.0. The minimum absolute atomic E-state index is 0.00671. The number of nitrogens with zero attached hydrogens (tertiary/aromatic N) is 1. The van der Waals surface area contributed by atoms with Gasteiger partial charge >= 0.3 is 0 Å². The molecule has 0 saturated carbocycles. The molecule has 0 fully saturated rings. The molecule has 0 bridgehead atoms. The van der Waals surface area contributed by atoms with Crippen LogP contribution in [0.1, 0.15) is 17.8 Å². The molecule has 0 atom stereocenters. The lowest BCUT2D eigenvalue weighted by molar-refractivity contribution is 0.140. The van der Waals surface area contributed by atoms with E-state index in [9.17, 15) is 13.2 Å². The van der Waals surface area contributed by atoms with Crippen molar-refractivity contribution in [1.29, 1.82) is 0 Å². The molecule has 0 unspecified atom stereocenters. The highest BCUT2D eigenvalue weighted by Gasteiger charge is 2.18. The van der Waals surface area contributed by atoms with E-state index in [1.54, 1.807) is 0 Å². The summed E-state index contributed by atoms with van der Waals surface area (Å²) in [6.07, 6.45) is -2.89. The number of alkyl halides is 3. The van der Waals surface area contributed by atoms with Crippen molar-refractivity contribution in [2.45, 2.75) is 11.8 Å². The zero-order chi connectivity index (χ0) is 10.0. The highest BCUT2D eigenvalue weighted by Crippen LogP contribution is 2.26. The molecule has 1 rings (SSSR count). The van der Waals surface area contributed by atoms with Crippen LogP contribution in [0.5, 0.6) is 0 Å². The van der Waals surface area contributed by atoms with E-state index < -0.39 is 17.9 Å². The van der Waals surface area contributed by atoms with Crippen molar-refractivity contribution in [3.8, 4) is 0 Å². The topological polar surface area (TPSA) is 12.9 Å². The van der Waals surface area contributed by atoms with Crippen molar-refractivity contribution in [2.24, 2.45) is 0 Å². The standard InChI is InChI=1S/C7H4Br2F3N/c8-2-3-1-4(9)5(10)6(13-3)7(11)12/h1,7H,2H2. The van der Waals surface area contributed by atoms with Crippen LogP contribution in [0, 0.1) is 5.82 Å². The summed E-state index contributed by atoms with van der Waals surface area (Å²) in [5.74, 6) is -1.00. The van der Waals surface area contributed by atoms with Gasteiger partial charge in [0.25, 0.3) is 6.43 Å². The van der Waals surface area contributed by atoms with Gasteiger partial charge in [-0.15, -0.1) is 0 Å². The molecule has 1 heterocycles. The summed E-state index contributed by atoms with van der Waals surface area (Å²) >= 11 is 5.89. The molecule has 0 amide bonds. The van der Waals surface area contributed by atoms with E-state index in [0.717, 1.165) is 0 Å². The number of rotatable bonds is 2. The molecule has 1 aromatic heterocycles. The van der Waals surface area contributed by atoms with E-state index in [4.69, 9.17) is 0 Å². The van der Waals surface area contributed by atoms with E-state index >= 15 is 0 Å². The summed E-state index contributed by atoms with van der Waals surface area (Å²) in [4.78, 5) is 3.45. The Labute approximate surface area is 89.6 Å². The Kier molecular flexibility index (Phi) is 3.73. The molecule has 0 aromatic carbocycles. The first-order chi connectivity index (χ1) is 6.06. The highest BCUT2D eigenvalue weighted by molar-refractivity contribution is 9.10. The molecule has 1 aromatic rings. The van der Waals surface area contributed by atoms with Gasteiger partial charge in [0.2, 0.25) is 0 Å². The van der Waals surface area contributed by atoms with Crippen molar-refractivity contribution in [1.82, 2.24) is 4.98 Å². The normalized spacial score (nSPS) is 10.9. The minimum Gasteiger partial charge on any atom is -0.248 e. The average Bonchev–Trinajstić information content (AvgIpc) is 2.09. The lowest BCUT2D eigenvalue weighted by Crippen LogP contribution is -1.99. The Morgan fingerprint density at radius 2 is 2.08 bits per heavy atom. The van der Waals surface area contributed by atoms with Gasteiger partial charge in [-0.3, -0.25) is 0 Å². The zero-order valence-electron chi connectivity index (χ0n) is 6.20. The highest BCUT2D eigenvalue weighted by atomic mass is 79.9.